The van der Waals surface area contributed by atoms with E-state index in [2.05, 4.69) is 16.2 Å². The van der Waals surface area contributed by atoms with Crippen molar-refractivity contribution in [3.63, 3.8) is 0 Å². The van der Waals surface area contributed by atoms with Gasteiger partial charge >= 0.3 is 0 Å². The van der Waals surface area contributed by atoms with E-state index in [-0.39, 0.29) is 0 Å². The van der Waals surface area contributed by atoms with Crippen LogP contribution in [0.3, 0.4) is 0 Å². The lowest BCUT2D eigenvalue weighted by Crippen LogP contribution is -2.41. The number of pyridine rings is 1. The number of aliphatic hydroxyl groups excluding tert-OH is 1. The highest BCUT2D eigenvalue weighted by Gasteiger charge is 2.45. The molecular weight excluding hydrogens is 418 g/mol. The van der Waals surface area contributed by atoms with E-state index in [9.17, 15) is 15.4 Å². The number of aryl methyl sites for hydroxylation is 1. The average molecular weight is 453 g/mol. The number of rotatable bonds is 6. The lowest BCUT2D eigenvalue weighted by atomic mass is 9.79. The molecule has 8 nitrogen and oxygen atoms in total. The predicted molar refractivity (Wildman–Crippen MR) is 126 cm³/mol. The number of nitrogens with zero attached hydrogens (tertiary/aromatic N) is 4. The van der Waals surface area contributed by atoms with E-state index in [0.29, 0.717) is 23.3 Å². The molecule has 1 atom stereocenters. The Balaban J connectivity index is 1.41. The minimum Gasteiger partial charge on any atom is -0.390 e. The standard InChI is InChI=1S/C25H34N5O3/c1-16-5-4-6-22(30(16)33)24(31)26-21-13-17-15-29(27-20(17)14-23(21)28(2)3)19-9-11-25(32,12-10-19)18-7-8-18/h4-6,13-15,18-19,24,26,31-33H,7-12H2,1-3H3/q+1/t19-,24?,25-. The number of fused-ring (bicyclic) bond motifs is 1. The van der Waals surface area contributed by atoms with E-state index in [1.165, 1.54) is 12.8 Å². The Kier molecular flexibility index (Phi) is 5.45. The monoisotopic (exact) mass is 452 g/mol. The summed E-state index contributed by atoms with van der Waals surface area (Å²) < 4.78 is 3.05. The maximum Gasteiger partial charge on any atom is 0.283 e. The third-order valence-corrected chi connectivity index (χ3v) is 7.41. The van der Waals surface area contributed by atoms with Crippen molar-refractivity contribution in [1.29, 1.82) is 0 Å². The van der Waals surface area contributed by atoms with Crippen molar-refractivity contribution in [3.05, 3.63) is 47.9 Å². The molecule has 1 aromatic carbocycles. The summed E-state index contributed by atoms with van der Waals surface area (Å²) in [6.45, 7) is 1.78. The highest BCUT2D eigenvalue weighted by molar-refractivity contribution is 5.90. The Bertz CT molecular complexity index is 1160. The topological polar surface area (TPSA) is 97.7 Å². The molecule has 1 unspecified atom stereocenters. The zero-order chi connectivity index (χ0) is 23.3. The van der Waals surface area contributed by atoms with Crippen molar-refractivity contribution < 1.29 is 20.2 Å². The maximum atomic E-state index is 10.9. The minimum atomic E-state index is -1.08. The molecule has 2 aliphatic carbocycles. The summed E-state index contributed by atoms with van der Waals surface area (Å²) in [5, 5.41) is 41.0. The number of anilines is 2. The first-order chi connectivity index (χ1) is 15.7. The van der Waals surface area contributed by atoms with Crippen LogP contribution in [-0.2, 0) is 0 Å². The molecule has 2 heterocycles. The van der Waals surface area contributed by atoms with Crippen LogP contribution in [0.2, 0.25) is 0 Å². The molecule has 4 N–H and O–H groups in total. The van der Waals surface area contributed by atoms with Crippen LogP contribution in [0.25, 0.3) is 10.9 Å². The maximum absolute atomic E-state index is 10.9. The molecule has 33 heavy (non-hydrogen) atoms. The number of hydrogen-bond donors (Lipinski definition) is 4. The SMILES string of the molecule is Cc1cccc(C(O)Nc2cc3cn([C@H]4CC[C@@](O)(C5CC5)CC4)nc3cc2N(C)C)[n+]1O. The van der Waals surface area contributed by atoms with E-state index in [4.69, 9.17) is 5.10 Å². The lowest BCUT2D eigenvalue weighted by molar-refractivity contribution is -0.915. The molecule has 2 aromatic heterocycles. The van der Waals surface area contributed by atoms with E-state index in [0.717, 1.165) is 52.7 Å². The van der Waals surface area contributed by atoms with Gasteiger partial charge in [-0.3, -0.25) is 9.89 Å². The summed E-state index contributed by atoms with van der Waals surface area (Å²) in [4.78, 5) is 1.98. The third-order valence-electron chi connectivity index (χ3n) is 7.41. The summed E-state index contributed by atoms with van der Waals surface area (Å²) in [7, 11) is 3.91. The second-order valence-corrected chi connectivity index (χ2v) is 9.99. The highest BCUT2D eigenvalue weighted by atomic mass is 16.5. The van der Waals surface area contributed by atoms with Crippen LogP contribution in [-0.4, -0.2) is 44.9 Å². The Morgan fingerprint density at radius 1 is 1.18 bits per heavy atom. The van der Waals surface area contributed by atoms with Crippen molar-refractivity contribution in [1.82, 2.24) is 9.78 Å². The van der Waals surface area contributed by atoms with Crippen LogP contribution >= 0.6 is 0 Å². The molecule has 0 spiro atoms. The third kappa shape index (κ3) is 4.13. The molecule has 2 aliphatic rings. The van der Waals surface area contributed by atoms with Gasteiger partial charge in [-0.25, -0.2) is 0 Å². The number of aromatic nitrogens is 3. The van der Waals surface area contributed by atoms with Crippen LogP contribution < -0.4 is 14.9 Å². The smallest absolute Gasteiger partial charge is 0.283 e. The molecular formula is C25H34N5O3+. The normalized spacial score (nSPS) is 24.1. The summed E-state index contributed by atoms with van der Waals surface area (Å²) >= 11 is 0. The van der Waals surface area contributed by atoms with Crippen molar-refractivity contribution in [2.45, 2.75) is 63.3 Å². The van der Waals surface area contributed by atoms with Gasteiger partial charge in [0.25, 0.3) is 5.69 Å². The molecule has 0 aliphatic heterocycles. The van der Waals surface area contributed by atoms with Crippen LogP contribution in [0.1, 0.15) is 62.2 Å². The van der Waals surface area contributed by atoms with Gasteiger partial charge in [-0.2, -0.15) is 5.10 Å². The first kappa shape index (κ1) is 22.0. The summed E-state index contributed by atoms with van der Waals surface area (Å²) in [6, 6.07) is 9.57. The molecule has 0 radical (unpaired) electrons. The molecule has 0 saturated heterocycles. The fourth-order valence-electron chi connectivity index (χ4n) is 5.21. The highest BCUT2D eigenvalue weighted by Crippen LogP contribution is 2.49. The van der Waals surface area contributed by atoms with Gasteiger partial charge in [-0.05, 0) is 62.6 Å². The molecule has 3 aromatic rings. The van der Waals surface area contributed by atoms with E-state index < -0.39 is 11.8 Å². The Labute approximate surface area is 194 Å². The van der Waals surface area contributed by atoms with Gasteiger partial charge < -0.3 is 20.4 Å². The Morgan fingerprint density at radius 2 is 1.91 bits per heavy atom. The average Bonchev–Trinajstić information content (AvgIpc) is 3.56. The minimum absolute atomic E-state index is 0.293. The van der Waals surface area contributed by atoms with Crippen molar-refractivity contribution in [2.75, 3.05) is 24.3 Å². The molecule has 8 heteroatoms. The van der Waals surface area contributed by atoms with Crippen molar-refractivity contribution in [2.24, 2.45) is 5.92 Å². The lowest BCUT2D eigenvalue weighted by Gasteiger charge is -2.36. The summed E-state index contributed by atoms with van der Waals surface area (Å²) in [6.07, 6.45) is 6.89. The molecule has 2 saturated carbocycles. The molecule has 5 rings (SSSR count). The number of benzene rings is 1. The zero-order valence-corrected chi connectivity index (χ0v) is 19.6. The van der Waals surface area contributed by atoms with Gasteiger partial charge in [0.2, 0.25) is 11.9 Å². The number of aliphatic hydroxyl groups is 2. The van der Waals surface area contributed by atoms with Crippen LogP contribution in [0.5, 0.6) is 0 Å². The van der Waals surface area contributed by atoms with Crippen LogP contribution in [0.4, 0.5) is 11.4 Å². The van der Waals surface area contributed by atoms with E-state index >= 15 is 0 Å². The van der Waals surface area contributed by atoms with E-state index in [1.807, 2.05) is 31.1 Å². The van der Waals surface area contributed by atoms with Gasteiger partial charge in [0, 0.05) is 49.5 Å². The van der Waals surface area contributed by atoms with Gasteiger partial charge in [0.15, 0.2) is 0 Å². The van der Waals surface area contributed by atoms with E-state index in [1.54, 1.807) is 25.1 Å². The molecule has 0 bridgehead atoms. The largest absolute Gasteiger partial charge is 0.390 e. The Morgan fingerprint density at radius 3 is 2.58 bits per heavy atom. The predicted octanol–water partition coefficient (Wildman–Crippen LogP) is 3.29. The number of nitrogens with one attached hydrogen (secondary N) is 1. The Hall–Kier alpha value is -2.84. The fourth-order valence-corrected chi connectivity index (χ4v) is 5.21. The van der Waals surface area contributed by atoms with Crippen LogP contribution in [0, 0.1) is 12.8 Å². The molecule has 176 valence electrons. The van der Waals surface area contributed by atoms with Gasteiger partial charge in [0.1, 0.15) is 0 Å². The van der Waals surface area contributed by atoms with Gasteiger partial charge in [0.05, 0.1) is 28.5 Å². The second-order valence-electron chi connectivity index (χ2n) is 9.99. The first-order valence-electron chi connectivity index (χ1n) is 11.8. The molecule has 0 amide bonds. The first-order valence-corrected chi connectivity index (χ1v) is 11.8. The molecule has 2 fully saturated rings. The second kappa shape index (κ2) is 8.18. The number of hydrogen-bond acceptors (Lipinski definition) is 6. The fraction of sp³-hybridized carbons (Fsp3) is 0.520. The zero-order valence-electron chi connectivity index (χ0n) is 19.6. The van der Waals surface area contributed by atoms with Crippen molar-refractivity contribution in [3.8, 4) is 0 Å². The van der Waals surface area contributed by atoms with Gasteiger partial charge in [-0.15, -0.1) is 0 Å². The van der Waals surface area contributed by atoms with Gasteiger partial charge in [-0.1, -0.05) is 0 Å². The summed E-state index contributed by atoms with van der Waals surface area (Å²) in [5.41, 5.74) is 3.09. The summed E-state index contributed by atoms with van der Waals surface area (Å²) in [5.74, 6) is 0.504. The van der Waals surface area contributed by atoms with Crippen LogP contribution in [0.15, 0.2) is 36.5 Å². The van der Waals surface area contributed by atoms with Crippen molar-refractivity contribution >= 4 is 22.3 Å². The quantitative estimate of drug-likeness (QED) is 0.260.